The van der Waals surface area contributed by atoms with Gasteiger partial charge in [0.2, 0.25) is 41.4 Å². The van der Waals surface area contributed by atoms with Crippen LogP contribution >= 0.6 is 0 Å². The molecule has 0 aromatic heterocycles. The van der Waals surface area contributed by atoms with Gasteiger partial charge in [-0.1, -0.05) is 96.7 Å². The minimum atomic E-state index is -1.11. The van der Waals surface area contributed by atoms with Crippen LogP contribution in [0.25, 0.3) is 0 Å². The summed E-state index contributed by atoms with van der Waals surface area (Å²) >= 11 is 0. The fraction of sp³-hybridized carbons (Fsp3) is 0.671. The van der Waals surface area contributed by atoms with Gasteiger partial charge in [0, 0.05) is 71.7 Å². The van der Waals surface area contributed by atoms with E-state index in [9.17, 15) is 52.7 Å². The minimum Gasteiger partial charge on any atom is -0.467 e. The molecule has 0 saturated carbocycles. The largest absolute Gasteiger partial charge is 0.467 e. The molecule has 0 radical (unpaired) electrons. The standard InChI is InChI=1S/C70H111N11O14/c1-15-46(8)62(55(93-12)42-59(85)80-38-23-27-54(80)63(94-13)47(9)64(86)76-53(69(91)95-14)41-49-24-18-16-19-25-49)79(11)68(90)60(44(4)5)77-67(89)61(45(6)7)78(10)39-35-48-29-31-50(32-30-48)73-65(87)51(26-22-36-72-70(71)92)75-66(88)52(40-43(2)3)74-56(82)28-20-17-21-37-81-57(83)33-34-58(81)84/h24,29-34,40,44-47,51-55,60-63H,15-23,25-28,35-39,41-42H2,1-14H3,(H,73,87)(H,74,82)(H,75,88)(H,76,86)(H,77,89)(H3,71,72,92)/t46-,47+,51-,52?,53-,54-,55+,60-,61-,62-,63+/m0/s1. The number of nitrogens with zero attached hydrogens (tertiary/aromatic N) is 4. The molecule has 4 rings (SSSR count). The van der Waals surface area contributed by atoms with Crippen LogP contribution in [-0.4, -0.2) is 201 Å². The van der Waals surface area contributed by atoms with Crippen LogP contribution in [0.3, 0.4) is 0 Å². The number of carbonyl (C=O) groups excluding carboxylic acids is 11. The second kappa shape index (κ2) is 40.1. The normalized spacial score (nSPS) is 17.9. The van der Waals surface area contributed by atoms with Crippen molar-refractivity contribution in [1.82, 2.24) is 46.2 Å². The maximum atomic E-state index is 14.9. The van der Waals surface area contributed by atoms with E-state index >= 15 is 0 Å². The van der Waals surface area contributed by atoms with Crippen molar-refractivity contribution in [1.29, 1.82) is 0 Å². The van der Waals surface area contributed by atoms with Crippen LogP contribution in [-0.2, 0) is 68.6 Å². The minimum absolute atomic E-state index is 0.0623. The summed E-state index contributed by atoms with van der Waals surface area (Å²) in [6.07, 6.45) is 13.4. The SMILES string of the molecule is CC[C@H](C)[C@@H]([C@@H](CC(=O)N1CCC[C@H]1[C@H](OC)[C@@H](C)C(=O)N[C@@H](CC1=CCCCC1)C(=O)OC)OC)N(C)C(=O)[C@@H](NC(=O)[C@H](C(C)C)N(C)CCc1ccc(NC(=O)[C@H](CCCNC(N)=O)NC(=O)C(C=C(C)C)NC(=O)CCCCCN2C(=O)C=CC2=O)cc1)C(C)C. The Bertz CT molecular complexity index is 2840. The number of allylic oxidation sites excluding steroid dienone is 2. The number of anilines is 1. The van der Waals surface area contributed by atoms with E-state index in [2.05, 4.69) is 38.0 Å². The molecule has 3 aliphatic rings. The highest BCUT2D eigenvalue weighted by molar-refractivity contribution is 6.12. The molecule has 530 valence electrons. The number of hydrogen-bond donors (Lipinski definition) is 7. The topological polar surface area (TPSA) is 327 Å². The van der Waals surface area contributed by atoms with Crippen LogP contribution in [0.4, 0.5) is 10.5 Å². The second-order valence-corrected chi connectivity index (χ2v) is 26.6. The smallest absolute Gasteiger partial charge is 0.328 e. The number of hydrogen-bond acceptors (Lipinski definition) is 15. The van der Waals surface area contributed by atoms with Gasteiger partial charge < -0.3 is 61.6 Å². The lowest BCUT2D eigenvalue weighted by molar-refractivity contribution is -0.149. The Balaban J connectivity index is 1.39. The molecule has 2 heterocycles. The summed E-state index contributed by atoms with van der Waals surface area (Å²) in [5.74, 6) is -5.41. The van der Waals surface area contributed by atoms with Crippen LogP contribution in [0.1, 0.15) is 164 Å². The van der Waals surface area contributed by atoms with Gasteiger partial charge in [0.15, 0.2) is 0 Å². The highest BCUT2D eigenvalue weighted by Gasteiger charge is 2.44. The molecule has 25 heteroatoms. The van der Waals surface area contributed by atoms with E-state index in [1.54, 1.807) is 55.8 Å². The zero-order chi connectivity index (χ0) is 70.6. The predicted octanol–water partition coefficient (Wildman–Crippen LogP) is 5.60. The number of likely N-dealkylation sites (N-methyl/N-ethyl adjacent to an activating group) is 2. The van der Waals surface area contributed by atoms with Gasteiger partial charge in [0.1, 0.15) is 24.2 Å². The van der Waals surface area contributed by atoms with E-state index in [0.717, 1.165) is 47.3 Å². The van der Waals surface area contributed by atoms with Gasteiger partial charge in [0.05, 0.1) is 49.8 Å². The van der Waals surface area contributed by atoms with Crippen molar-refractivity contribution in [3.63, 3.8) is 0 Å². The number of esters is 1. The van der Waals surface area contributed by atoms with Crippen LogP contribution < -0.4 is 37.6 Å². The molecule has 0 bridgehead atoms. The lowest BCUT2D eigenvalue weighted by Gasteiger charge is -2.41. The number of rotatable bonds is 40. The molecule has 25 nitrogen and oxygen atoms in total. The second-order valence-electron chi connectivity index (χ2n) is 26.6. The first-order valence-corrected chi connectivity index (χ1v) is 34.0. The number of ether oxygens (including phenoxy) is 3. The summed E-state index contributed by atoms with van der Waals surface area (Å²) < 4.78 is 17.2. The summed E-state index contributed by atoms with van der Waals surface area (Å²) in [4.78, 5) is 153. The molecule has 0 spiro atoms. The van der Waals surface area contributed by atoms with E-state index in [1.807, 2.05) is 65.6 Å². The van der Waals surface area contributed by atoms with Gasteiger partial charge in [-0.15, -0.1) is 0 Å². The molecule has 1 unspecified atom stereocenters. The third-order valence-electron chi connectivity index (χ3n) is 18.4. The number of benzene rings is 1. The summed E-state index contributed by atoms with van der Waals surface area (Å²) in [5, 5.41) is 16.9. The molecular weight excluding hydrogens is 1220 g/mol. The zero-order valence-corrected chi connectivity index (χ0v) is 58.8. The van der Waals surface area contributed by atoms with E-state index in [4.69, 9.17) is 19.9 Å². The first kappa shape index (κ1) is 79.9. The Morgan fingerprint density at radius 1 is 0.768 bits per heavy atom. The number of amides is 11. The Morgan fingerprint density at radius 3 is 2.02 bits per heavy atom. The van der Waals surface area contributed by atoms with Crippen LogP contribution in [0.15, 0.2) is 59.7 Å². The Hall–Kier alpha value is -7.51. The molecule has 8 N–H and O–H groups in total. The van der Waals surface area contributed by atoms with Gasteiger partial charge in [-0.05, 0) is 133 Å². The van der Waals surface area contributed by atoms with Gasteiger partial charge in [0.25, 0.3) is 11.8 Å². The van der Waals surface area contributed by atoms with Gasteiger partial charge >= 0.3 is 12.0 Å². The number of methoxy groups -OCH3 is 3. The Morgan fingerprint density at radius 2 is 1.44 bits per heavy atom. The molecule has 1 aromatic rings. The van der Waals surface area contributed by atoms with Crippen molar-refractivity contribution >= 4 is 70.9 Å². The molecule has 1 aromatic carbocycles. The fourth-order valence-electron chi connectivity index (χ4n) is 12.9. The van der Waals surface area contributed by atoms with E-state index in [1.165, 1.54) is 33.5 Å². The number of nitrogens with one attached hydrogen (secondary N) is 6. The van der Waals surface area contributed by atoms with Crippen molar-refractivity contribution in [2.24, 2.45) is 29.4 Å². The summed E-state index contributed by atoms with van der Waals surface area (Å²) in [5.41, 5.74) is 8.47. The number of likely N-dealkylation sites (tertiary alicyclic amines) is 1. The zero-order valence-electron chi connectivity index (χ0n) is 58.8. The summed E-state index contributed by atoms with van der Waals surface area (Å²) in [7, 11) is 7.91. The number of imide groups is 1. The quantitative estimate of drug-likeness (QED) is 0.0182. The van der Waals surface area contributed by atoms with E-state index in [0.29, 0.717) is 70.1 Å². The number of carbonyl (C=O) groups is 11. The molecule has 95 heavy (non-hydrogen) atoms. The third kappa shape index (κ3) is 24.9. The molecule has 1 fully saturated rings. The highest BCUT2D eigenvalue weighted by atomic mass is 16.5. The highest BCUT2D eigenvalue weighted by Crippen LogP contribution is 2.31. The summed E-state index contributed by atoms with van der Waals surface area (Å²) in [6, 6.07) is 0.784. The number of unbranched alkanes of at least 4 members (excludes halogenated alkanes) is 2. The van der Waals surface area contributed by atoms with Crippen molar-refractivity contribution in [2.45, 2.75) is 220 Å². The van der Waals surface area contributed by atoms with Crippen LogP contribution in [0, 0.1) is 23.7 Å². The van der Waals surface area contributed by atoms with Gasteiger partial charge in [-0.2, -0.15) is 0 Å². The van der Waals surface area contributed by atoms with Gasteiger partial charge in [-0.3, -0.25) is 53.0 Å². The maximum Gasteiger partial charge on any atom is 0.328 e. The van der Waals surface area contributed by atoms with Crippen molar-refractivity contribution < 1.29 is 67.0 Å². The van der Waals surface area contributed by atoms with Crippen molar-refractivity contribution in [2.75, 3.05) is 66.9 Å². The van der Waals surface area contributed by atoms with Gasteiger partial charge in [-0.25, -0.2) is 9.59 Å². The monoisotopic (exact) mass is 1330 g/mol. The first-order valence-electron chi connectivity index (χ1n) is 34.0. The molecular formula is C70H111N11O14. The lowest BCUT2D eigenvalue weighted by atomic mass is 9.89. The van der Waals surface area contributed by atoms with Crippen molar-refractivity contribution in [3.8, 4) is 0 Å². The Labute approximate surface area is 562 Å². The first-order chi connectivity index (χ1) is 45.1. The fourth-order valence-corrected chi connectivity index (χ4v) is 12.9. The van der Waals surface area contributed by atoms with Crippen LogP contribution in [0.5, 0.6) is 0 Å². The number of nitrogens with two attached hydrogens (primary N) is 1. The van der Waals surface area contributed by atoms with E-state index < -0.39 is 90.1 Å². The van der Waals surface area contributed by atoms with Crippen molar-refractivity contribution in [3.05, 3.63) is 65.3 Å². The van der Waals surface area contributed by atoms with Crippen LogP contribution in [0.2, 0.25) is 0 Å². The number of urea groups is 1. The average Bonchev–Trinajstić information content (AvgIpc) is 1.81. The predicted molar refractivity (Wildman–Crippen MR) is 362 cm³/mol. The maximum absolute atomic E-state index is 14.9. The average molecular weight is 1330 g/mol. The molecule has 1 saturated heterocycles. The Kier molecular flexibility index (Phi) is 33.8. The molecule has 1 aliphatic carbocycles. The summed E-state index contributed by atoms with van der Waals surface area (Å²) in [6.45, 7) is 18.2. The number of primary amides is 1. The third-order valence-corrected chi connectivity index (χ3v) is 18.4. The molecule has 11 atom stereocenters. The molecule has 11 amide bonds. The molecule has 2 aliphatic heterocycles. The van der Waals surface area contributed by atoms with E-state index in [-0.39, 0.29) is 92.0 Å². The lowest BCUT2D eigenvalue weighted by Crippen LogP contribution is -2.60.